The highest BCUT2D eigenvalue weighted by molar-refractivity contribution is 5.54. The standard InChI is InChI=1S/C16H29NO/c1-15(2)6-14(7-16(3,4)11-15)13-5-12(10-18)8-17-9-13/h10,12-14,17H,5-9,11H2,1-4H3. The predicted molar refractivity (Wildman–Crippen MR) is 75.4 cm³/mol. The number of hydrogen-bond donors (Lipinski definition) is 1. The van der Waals surface area contributed by atoms with E-state index in [1.165, 1.54) is 19.3 Å². The Morgan fingerprint density at radius 1 is 1.00 bits per heavy atom. The molecule has 104 valence electrons. The van der Waals surface area contributed by atoms with Gasteiger partial charge in [0.15, 0.2) is 0 Å². The Balaban J connectivity index is 2.05. The second-order valence-electron chi connectivity index (χ2n) is 8.22. The molecule has 2 atom stereocenters. The molecule has 1 N–H and O–H groups in total. The molecule has 0 bridgehead atoms. The minimum absolute atomic E-state index is 0.247. The van der Waals surface area contributed by atoms with Crippen molar-refractivity contribution in [2.45, 2.75) is 53.4 Å². The maximum atomic E-state index is 11.0. The molecular weight excluding hydrogens is 222 g/mol. The molecule has 1 heterocycles. The van der Waals surface area contributed by atoms with Gasteiger partial charge in [-0.3, -0.25) is 0 Å². The van der Waals surface area contributed by atoms with E-state index < -0.39 is 0 Å². The summed E-state index contributed by atoms with van der Waals surface area (Å²) < 4.78 is 0. The molecule has 18 heavy (non-hydrogen) atoms. The topological polar surface area (TPSA) is 29.1 Å². The van der Waals surface area contributed by atoms with Gasteiger partial charge in [0, 0.05) is 12.5 Å². The summed E-state index contributed by atoms with van der Waals surface area (Å²) in [5.74, 6) is 1.74. The predicted octanol–water partition coefficient (Wildman–Crippen LogP) is 3.26. The summed E-state index contributed by atoms with van der Waals surface area (Å²) in [6.45, 7) is 11.6. The van der Waals surface area contributed by atoms with Gasteiger partial charge in [0.2, 0.25) is 0 Å². The lowest BCUT2D eigenvalue weighted by molar-refractivity contribution is -0.112. The third-order valence-corrected chi connectivity index (χ3v) is 4.86. The normalized spacial score (nSPS) is 36.2. The van der Waals surface area contributed by atoms with Crippen molar-refractivity contribution in [1.29, 1.82) is 0 Å². The van der Waals surface area contributed by atoms with Crippen molar-refractivity contribution >= 4 is 6.29 Å². The first-order valence-corrected chi connectivity index (χ1v) is 7.47. The first kappa shape index (κ1) is 14.0. The van der Waals surface area contributed by atoms with Crippen LogP contribution in [-0.4, -0.2) is 19.4 Å². The Kier molecular flexibility index (Phi) is 3.87. The number of hydrogen-bond acceptors (Lipinski definition) is 2. The zero-order chi connectivity index (χ0) is 13.4. The number of nitrogens with one attached hydrogen (secondary N) is 1. The molecule has 2 fully saturated rings. The maximum absolute atomic E-state index is 11.0. The van der Waals surface area contributed by atoms with Crippen molar-refractivity contribution in [3.05, 3.63) is 0 Å². The van der Waals surface area contributed by atoms with Crippen molar-refractivity contribution < 1.29 is 4.79 Å². The van der Waals surface area contributed by atoms with Gasteiger partial charge in [0.25, 0.3) is 0 Å². The minimum Gasteiger partial charge on any atom is -0.316 e. The monoisotopic (exact) mass is 251 g/mol. The van der Waals surface area contributed by atoms with Crippen LogP contribution in [0.15, 0.2) is 0 Å². The van der Waals surface area contributed by atoms with E-state index in [-0.39, 0.29) is 5.92 Å². The van der Waals surface area contributed by atoms with Crippen LogP contribution in [0.3, 0.4) is 0 Å². The molecule has 0 radical (unpaired) electrons. The van der Waals surface area contributed by atoms with Crippen LogP contribution in [0, 0.1) is 28.6 Å². The smallest absolute Gasteiger partial charge is 0.124 e. The molecule has 1 saturated heterocycles. The fourth-order valence-electron chi connectivity index (χ4n) is 4.74. The van der Waals surface area contributed by atoms with Gasteiger partial charge in [-0.15, -0.1) is 0 Å². The SMILES string of the molecule is CC1(C)CC(C2CNCC(C=O)C2)CC(C)(C)C1. The number of carbonyl (C=O) groups excluding carboxylic acids is 1. The highest BCUT2D eigenvalue weighted by atomic mass is 16.1. The first-order valence-electron chi connectivity index (χ1n) is 7.47. The van der Waals surface area contributed by atoms with E-state index >= 15 is 0 Å². The fourth-order valence-corrected chi connectivity index (χ4v) is 4.74. The maximum Gasteiger partial charge on any atom is 0.124 e. The van der Waals surface area contributed by atoms with Crippen LogP contribution in [0.4, 0.5) is 0 Å². The van der Waals surface area contributed by atoms with E-state index in [9.17, 15) is 4.79 Å². The fraction of sp³-hybridized carbons (Fsp3) is 0.938. The van der Waals surface area contributed by atoms with Gasteiger partial charge in [-0.05, 0) is 54.9 Å². The molecule has 1 aliphatic carbocycles. The number of aldehydes is 1. The number of piperidine rings is 1. The Hall–Kier alpha value is -0.370. The Morgan fingerprint density at radius 2 is 1.61 bits per heavy atom. The summed E-state index contributed by atoms with van der Waals surface area (Å²) in [5.41, 5.74) is 0.918. The Labute approximate surface area is 112 Å². The molecule has 1 aliphatic heterocycles. The summed E-state index contributed by atoms with van der Waals surface area (Å²) >= 11 is 0. The lowest BCUT2D eigenvalue weighted by Gasteiger charge is -2.48. The molecular formula is C16H29NO. The third-order valence-electron chi connectivity index (χ3n) is 4.86. The second kappa shape index (κ2) is 4.96. The van der Waals surface area contributed by atoms with E-state index in [1.54, 1.807) is 0 Å². The van der Waals surface area contributed by atoms with E-state index in [1.807, 2.05) is 0 Å². The quantitative estimate of drug-likeness (QED) is 0.763. The summed E-state index contributed by atoms with van der Waals surface area (Å²) in [6, 6.07) is 0. The van der Waals surface area contributed by atoms with Crippen molar-refractivity contribution in [2.24, 2.45) is 28.6 Å². The molecule has 0 aromatic carbocycles. The van der Waals surface area contributed by atoms with Crippen LogP contribution < -0.4 is 5.32 Å². The molecule has 0 aromatic heterocycles. The minimum atomic E-state index is 0.247. The molecule has 0 aromatic rings. The summed E-state index contributed by atoms with van der Waals surface area (Å²) in [5, 5.41) is 3.46. The van der Waals surface area contributed by atoms with E-state index in [0.29, 0.717) is 16.7 Å². The highest BCUT2D eigenvalue weighted by Crippen LogP contribution is 2.51. The molecule has 0 spiro atoms. The summed E-state index contributed by atoms with van der Waals surface area (Å²) in [6.07, 6.45) is 6.24. The van der Waals surface area contributed by atoms with Crippen LogP contribution in [0.2, 0.25) is 0 Å². The van der Waals surface area contributed by atoms with Gasteiger partial charge in [-0.25, -0.2) is 0 Å². The van der Waals surface area contributed by atoms with Gasteiger partial charge >= 0.3 is 0 Å². The largest absolute Gasteiger partial charge is 0.316 e. The van der Waals surface area contributed by atoms with Crippen molar-refractivity contribution in [3.8, 4) is 0 Å². The van der Waals surface area contributed by atoms with E-state index in [0.717, 1.165) is 31.7 Å². The highest BCUT2D eigenvalue weighted by Gasteiger charge is 2.42. The lowest BCUT2D eigenvalue weighted by atomic mass is 9.58. The van der Waals surface area contributed by atoms with Crippen molar-refractivity contribution in [2.75, 3.05) is 13.1 Å². The lowest BCUT2D eigenvalue weighted by Crippen LogP contribution is -2.44. The third kappa shape index (κ3) is 3.34. The molecule has 1 saturated carbocycles. The van der Waals surface area contributed by atoms with Gasteiger partial charge in [-0.2, -0.15) is 0 Å². The Morgan fingerprint density at radius 3 is 2.17 bits per heavy atom. The van der Waals surface area contributed by atoms with Crippen LogP contribution in [0.5, 0.6) is 0 Å². The van der Waals surface area contributed by atoms with Gasteiger partial charge in [0.1, 0.15) is 6.29 Å². The van der Waals surface area contributed by atoms with Crippen LogP contribution in [0.1, 0.15) is 53.4 Å². The first-order chi connectivity index (χ1) is 8.31. The zero-order valence-electron chi connectivity index (χ0n) is 12.5. The van der Waals surface area contributed by atoms with Crippen LogP contribution >= 0.6 is 0 Å². The number of carbonyl (C=O) groups is 1. The average molecular weight is 251 g/mol. The van der Waals surface area contributed by atoms with Gasteiger partial charge in [0.05, 0.1) is 0 Å². The van der Waals surface area contributed by atoms with E-state index in [4.69, 9.17) is 0 Å². The molecule has 2 heteroatoms. The van der Waals surface area contributed by atoms with E-state index in [2.05, 4.69) is 33.0 Å². The van der Waals surface area contributed by atoms with Crippen molar-refractivity contribution in [3.63, 3.8) is 0 Å². The average Bonchev–Trinajstić information content (AvgIpc) is 2.25. The summed E-state index contributed by atoms with van der Waals surface area (Å²) in [7, 11) is 0. The van der Waals surface area contributed by atoms with Gasteiger partial charge in [-0.1, -0.05) is 27.7 Å². The van der Waals surface area contributed by atoms with Crippen LogP contribution in [0.25, 0.3) is 0 Å². The van der Waals surface area contributed by atoms with Crippen molar-refractivity contribution in [1.82, 2.24) is 5.32 Å². The molecule has 2 unspecified atom stereocenters. The number of rotatable bonds is 2. The molecule has 2 rings (SSSR count). The Bertz CT molecular complexity index is 292. The molecule has 2 aliphatic rings. The second-order valence-corrected chi connectivity index (χ2v) is 8.22. The van der Waals surface area contributed by atoms with Gasteiger partial charge < -0.3 is 10.1 Å². The summed E-state index contributed by atoms with van der Waals surface area (Å²) in [4.78, 5) is 11.0. The zero-order valence-corrected chi connectivity index (χ0v) is 12.5. The molecule has 0 amide bonds. The van der Waals surface area contributed by atoms with Crippen LogP contribution in [-0.2, 0) is 4.79 Å². The molecule has 2 nitrogen and oxygen atoms in total.